The molecule has 2 aromatic rings. The van der Waals surface area contributed by atoms with Crippen LogP contribution in [0, 0.1) is 23.5 Å². The van der Waals surface area contributed by atoms with E-state index in [4.69, 9.17) is 0 Å². The molecule has 0 radical (unpaired) electrons. The number of carbonyl (C=O) groups excluding carboxylic acids is 1. The normalized spacial score (nSPS) is 18.5. The van der Waals surface area contributed by atoms with E-state index in [9.17, 15) is 19.4 Å². The summed E-state index contributed by atoms with van der Waals surface area (Å²) < 4.78 is 49.6. The van der Waals surface area contributed by atoms with Crippen LogP contribution in [0.4, 0.5) is 13.2 Å². The lowest BCUT2D eigenvalue weighted by molar-refractivity contribution is -0.133. The number of phenols is 2. The van der Waals surface area contributed by atoms with Crippen molar-refractivity contribution in [2.45, 2.75) is 44.9 Å². The minimum atomic E-state index is -1.66. The lowest BCUT2D eigenvalue weighted by Gasteiger charge is -2.44. The summed E-state index contributed by atoms with van der Waals surface area (Å²) in [5.41, 5.74) is -1.10. The zero-order valence-electron chi connectivity index (χ0n) is 18.2. The van der Waals surface area contributed by atoms with Crippen molar-refractivity contribution in [3.8, 4) is 23.3 Å². The average Bonchev–Trinajstić information content (AvgIpc) is 2.68. The SMILES string of the molecule is COC(=O)C#Cc1cc(F)c(C2c3cc(O)c(O)cc3CC(C)N2CC(C)(C)F)c(F)c1. The zero-order valence-corrected chi connectivity index (χ0v) is 18.2. The first-order valence-corrected chi connectivity index (χ1v) is 9.99. The molecule has 0 fully saturated rings. The second-order valence-corrected chi connectivity index (χ2v) is 8.48. The van der Waals surface area contributed by atoms with Crippen LogP contribution >= 0.6 is 0 Å². The molecule has 0 amide bonds. The topological polar surface area (TPSA) is 70.0 Å². The molecule has 1 aliphatic heterocycles. The van der Waals surface area contributed by atoms with Crippen molar-refractivity contribution < 1.29 is 32.9 Å². The van der Waals surface area contributed by atoms with Gasteiger partial charge in [-0.15, -0.1) is 0 Å². The first-order chi connectivity index (χ1) is 14.9. The summed E-state index contributed by atoms with van der Waals surface area (Å²) in [6.07, 6.45) is 0.391. The molecular weight excluding hydrogens is 423 g/mol. The Labute approximate surface area is 184 Å². The Morgan fingerprint density at radius 3 is 2.34 bits per heavy atom. The van der Waals surface area contributed by atoms with Gasteiger partial charge in [0.05, 0.1) is 13.2 Å². The van der Waals surface area contributed by atoms with Gasteiger partial charge < -0.3 is 14.9 Å². The Hall–Kier alpha value is -3.18. The molecule has 3 rings (SSSR count). The van der Waals surface area contributed by atoms with E-state index in [1.54, 1.807) is 11.8 Å². The highest BCUT2D eigenvalue weighted by Gasteiger charge is 2.39. The van der Waals surface area contributed by atoms with E-state index < -0.39 is 35.1 Å². The summed E-state index contributed by atoms with van der Waals surface area (Å²) >= 11 is 0. The Bertz CT molecular complexity index is 1090. The maximum absolute atomic E-state index is 15.3. The third-order valence-corrected chi connectivity index (χ3v) is 5.35. The van der Waals surface area contributed by atoms with Crippen molar-refractivity contribution in [3.63, 3.8) is 0 Å². The maximum atomic E-state index is 15.3. The van der Waals surface area contributed by atoms with Crippen molar-refractivity contribution in [2.24, 2.45) is 0 Å². The lowest BCUT2D eigenvalue weighted by Crippen LogP contribution is -2.48. The van der Waals surface area contributed by atoms with Crippen LogP contribution in [0.3, 0.4) is 0 Å². The standard InChI is InChI=1S/C24H24F3NO4/c1-13-7-15-10-19(29)20(30)11-16(15)23(28(13)12-24(2,3)27)22-17(25)8-14(9-18(22)26)5-6-21(31)32-4/h8-11,13,23,29-30H,7,12H2,1-4H3. The van der Waals surface area contributed by atoms with Crippen LogP contribution in [0.1, 0.15) is 49.1 Å². The van der Waals surface area contributed by atoms with Crippen molar-refractivity contribution in [1.29, 1.82) is 0 Å². The number of halogens is 3. The van der Waals surface area contributed by atoms with Gasteiger partial charge in [-0.25, -0.2) is 18.0 Å². The summed E-state index contributed by atoms with van der Waals surface area (Å²) in [4.78, 5) is 12.8. The summed E-state index contributed by atoms with van der Waals surface area (Å²) in [5, 5.41) is 20.0. The predicted octanol–water partition coefficient (Wildman–Crippen LogP) is 3.98. The van der Waals surface area contributed by atoms with Crippen molar-refractivity contribution in [2.75, 3.05) is 13.7 Å². The molecule has 2 N–H and O–H groups in total. The summed E-state index contributed by atoms with van der Waals surface area (Å²) in [5.74, 6) is 0.964. The maximum Gasteiger partial charge on any atom is 0.384 e. The smallest absolute Gasteiger partial charge is 0.384 e. The van der Waals surface area contributed by atoms with Gasteiger partial charge in [0.2, 0.25) is 0 Å². The highest BCUT2D eigenvalue weighted by molar-refractivity contribution is 5.89. The van der Waals surface area contributed by atoms with Crippen LogP contribution in [0.5, 0.6) is 11.5 Å². The molecule has 0 saturated heterocycles. The number of ether oxygens (including phenoxy) is 1. The summed E-state index contributed by atoms with van der Waals surface area (Å²) in [6, 6.07) is 3.22. The Kier molecular flexibility index (Phi) is 6.42. The van der Waals surface area contributed by atoms with Crippen LogP contribution < -0.4 is 0 Å². The molecule has 32 heavy (non-hydrogen) atoms. The van der Waals surface area contributed by atoms with Gasteiger partial charge in [0.1, 0.15) is 17.3 Å². The van der Waals surface area contributed by atoms with Gasteiger partial charge in [0, 0.05) is 29.6 Å². The number of fused-ring (bicyclic) bond motifs is 1. The summed E-state index contributed by atoms with van der Waals surface area (Å²) in [6.45, 7) is 4.43. The van der Waals surface area contributed by atoms with E-state index in [-0.39, 0.29) is 29.5 Å². The molecule has 0 spiro atoms. The van der Waals surface area contributed by atoms with E-state index >= 15 is 8.78 Å². The minimum Gasteiger partial charge on any atom is -0.504 e. The van der Waals surface area contributed by atoms with E-state index in [1.807, 2.05) is 0 Å². The van der Waals surface area contributed by atoms with E-state index in [2.05, 4.69) is 16.6 Å². The fourth-order valence-electron chi connectivity index (χ4n) is 4.03. The average molecular weight is 447 g/mol. The lowest BCUT2D eigenvalue weighted by atomic mass is 9.83. The van der Waals surface area contributed by atoms with E-state index in [0.29, 0.717) is 17.5 Å². The highest BCUT2D eigenvalue weighted by Crippen LogP contribution is 2.44. The molecule has 0 bridgehead atoms. The highest BCUT2D eigenvalue weighted by atomic mass is 19.1. The number of hydrogen-bond acceptors (Lipinski definition) is 5. The number of esters is 1. The number of nitrogens with zero attached hydrogens (tertiary/aromatic N) is 1. The fourth-order valence-corrected chi connectivity index (χ4v) is 4.03. The summed E-state index contributed by atoms with van der Waals surface area (Å²) in [7, 11) is 1.14. The van der Waals surface area contributed by atoms with Crippen molar-refractivity contribution >= 4 is 5.97 Å². The minimum absolute atomic E-state index is 0.0656. The Balaban J connectivity index is 2.20. The molecule has 1 aliphatic rings. The molecule has 0 aliphatic carbocycles. The van der Waals surface area contributed by atoms with Crippen LogP contribution in [0.2, 0.25) is 0 Å². The van der Waals surface area contributed by atoms with Crippen LogP contribution in [-0.4, -0.2) is 46.4 Å². The third-order valence-electron chi connectivity index (χ3n) is 5.35. The van der Waals surface area contributed by atoms with Crippen molar-refractivity contribution in [1.82, 2.24) is 4.90 Å². The van der Waals surface area contributed by atoms with Gasteiger partial charge >= 0.3 is 5.97 Å². The number of phenolic OH excluding ortho intramolecular Hbond substituents is 2. The molecule has 170 valence electrons. The number of alkyl halides is 1. The van der Waals surface area contributed by atoms with Gasteiger partial charge in [-0.1, -0.05) is 5.92 Å². The van der Waals surface area contributed by atoms with E-state index in [1.165, 1.54) is 26.0 Å². The molecule has 8 heteroatoms. The monoisotopic (exact) mass is 447 g/mol. The van der Waals surface area contributed by atoms with Gasteiger partial charge in [-0.05, 0) is 62.6 Å². The number of benzene rings is 2. The number of methoxy groups -OCH3 is 1. The number of hydrogen-bond donors (Lipinski definition) is 2. The van der Waals surface area contributed by atoms with Crippen molar-refractivity contribution in [3.05, 3.63) is 58.2 Å². The zero-order chi connectivity index (χ0) is 23.8. The first kappa shape index (κ1) is 23.5. The van der Waals surface area contributed by atoms with E-state index in [0.717, 1.165) is 19.2 Å². The molecule has 0 aromatic heterocycles. The second-order valence-electron chi connectivity index (χ2n) is 8.48. The largest absolute Gasteiger partial charge is 0.504 e. The third kappa shape index (κ3) is 4.83. The molecule has 2 unspecified atom stereocenters. The van der Waals surface area contributed by atoms with Crippen LogP contribution in [-0.2, 0) is 16.0 Å². The van der Waals surface area contributed by atoms with Crippen LogP contribution in [0.25, 0.3) is 0 Å². The number of rotatable bonds is 3. The van der Waals surface area contributed by atoms with Gasteiger partial charge in [0.15, 0.2) is 11.5 Å². The first-order valence-electron chi connectivity index (χ1n) is 9.99. The molecule has 5 nitrogen and oxygen atoms in total. The fraction of sp³-hybridized carbons (Fsp3) is 0.375. The number of aromatic hydroxyl groups is 2. The molecular formula is C24H24F3NO4. The quantitative estimate of drug-likeness (QED) is 0.423. The number of carbonyl (C=O) groups is 1. The molecule has 2 atom stereocenters. The molecule has 2 aromatic carbocycles. The van der Waals surface area contributed by atoms with Gasteiger partial charge in [-0.3, -0.25) is 4.90 Å². The molecule has 0 saturated carbocycles. The Morgan fingerprint density at radius 2 is 1.78 bits per heavy atom. The van der Waals surface area contributed by atoms with Gasteiger partial charge in [-0.2, -0.15) is 0 Å². The van der Waals surface area contributed by atoms with Gasteiger partial charge in [0.25, 0.3) is 0 Å². The Morgan fingerprint density at radius 1 is 1.19 bits per heavy atom. The molecule has 1 heterocycles. The predicted molar refractivity (Wildman–Crippen MR) is 112 cm³/mol. The second kappa shape index (κ2) is 8.75. The van der Waals surface area contributed by atoms with Crippen LogP contribution in [0.15, 0.2) is 24.3 Å².